The molecule has 0 radical (unpaired) electrons. The lowest BCUT2D eigenvalue weighted by atomic mass is 9.88. The van der Waals surface area contributed by atoms with Crippen molar-refractivity contribution in [2.24, 2.45) is 0 Å². The zero-order valence-electron chi connectivity index (χ0n) is 11.5. The number of halogens is 1. The van der Waals surface area contributed by atoms with E-state index in [0.29, 0.717) is 36.5 Å². The first-order valence-corrected chi connectivity index (χ1v) is 6.43. The average molecular weight is 330 g/mol. The molecule has 11 heteroatoms. The van der Waals surface area contributed by atoms with E-state index in [1.807, 2.05) is 4.90 Å². The number of piperidine rings is 1. The summed E-state index contributed by atoms with van der Waals surface area (Å²) in [5.41, 5.74) is 4.37. The maximum atomic E-state index is 11.8. The number of hydrogen-bond acceptors (Lipinski definition) is 7. The molecule has 1 aromatic heterocycles. The van der Waals surface area contributed by atoms with Crippen LogP contribution in [0.25, 0.3) is 0 Å². The van der Waals surface area contributed by atoms with Gasteiger partial charge in [0.05, 0.1) is 0 Å². The number of hydrogen-bond donors (Lipinski definition) is 5. The first kappa shape index (κ1) is 15.9. The van der Waals surface area contributed by atoms with Crippen molar-refractivity contribution >= 4 is 36.0 Å². The van der Waals surface area contributed by atoms with E-state index in [4.69, 9.17) is 11.1 Å². The van der Waals surface area contributed by atoms with Crippen LogP contribution in [0.15, 0.2) is 6.07 Å². The van der Waals surface area contributed by atoms with Crippen LogP contribution in [-0.2, 0) is 4.79 Å². The van der Waals surface area contributed by atoms with Gasteiger partial charge in [-0.25, -0.2) is 4.79 Å². The molecule has 1 aromatic rings. The molecule has 3 rings (SSSR count). The van der Waals surface area contributed by atoms with Gasteiger partial charge in [0.25, 0.3) is 11.5 Å². The number of nitrogen functional groups attached to an aromatic ring is 1. The largest absolute Gasteiger partial charge is 0.423 e. The molecule has 22 heavy (non-hydrogen) atoms. The van der Waals surface area contributed by atoms with Crippen molar-refractivity contribution in [3.63, 3.8) is 0 Å². The minimum atomic E-state index is -0.853. The third kappa shape index (κ3) is 2.41. The van der Waals surface area contributed by atoms with Crippen LogP contribution in [0.2, 0.25) is 0 Å². The smallest absolute Gasteiger partial charge is 0.322 e. The van der Waals surface area contributed by atoms with E-state index in [9.17, 15) is 14.8 Å². The van der Waals surface area contributed by atoms with E-state index >= 15 is 0 Å². The zero-order valence-corrected chi connectivity index (χ0v) is 12.3. The van der Waals surface area contributed by atoms with E-state index in [-0.39, 0.29) is 29.8 Å². The van der Waals surface area contributed by atoms with Gasteiger partial charge in [0.15, 0.2) is 0 Å². The molecule has 2 saturated heterocycles. The number of anilines is 2. The van der Waals surface area contributed by atoms with Gasteiger partial charge >= 0.3 is 6.03 Å². The topological polar surface area (TPSA) is 149 Å². The Kier molecular flexibility index (Phi) is 3.88. The predicted molar refractivity (Wildman–Crippen MR) is 77.8 cm³/mol. The normalized spacial score (nSPS) is 19.5. The summed E-state index contributed by atoms with van der Waals surface area (Å²) >= 11 is 0. The molecule has 2 aliphatic rings. The summed E-state index contributed by atoms with van der Waals surface area (Å²) in [6.45, 7) is 0.962. The lowest BCUT2D eigenvalue weighted by Crippen LogP contribution is -2.55. The number of nitrogens with zero attached hydrogens (tertiary/aromatic N) is 3. The Bertz CT molecular complexity index is 681. The molecule has 120 valence electrons. The Hall–Kier alpha value is -2.49. The number of urea groups is 1. The maximum Gasteiger partial charge on any atom is 0.322 e. The Morgan fingerprint density at radius 2 is 2.00 bits per heavy atom. The number of carbonyl (C=O) groups is 2. The van der Waals surface area contributed by atoms with Gasteiger partial charge < -0.3 is 21.2 Å². The van der Waals surface area contributed by atoms with Gasteiger partial charge in [-0.15, -0.1) is 17.1 Å². The Morgan fingerprint density at radius 1 is 1.36 bits per heavy atom. The van der Waals surface area contributed by atoms with Crippen LogP contribution >= 0.6 is 12.4 Å². The predicted octanol–water partition coefficient (Wildman–Crippen LogP) is -1.22. The quantitative estimate of drug-likeness (QED) is 0.322. The molecule has 10 nitrogen and oxygen atoms in total. The molecule has 2 fully saturated rings. The van der Waals surface area contributed by atoms with Crippen molar-refractivity contribution in [2.75, 3.05) is 23.7 Å². The molecule has 0 atom stereocenters. The molecule has 0 bridgehead atoms. The van der Waals surface area contributed by atoms with Crippen molar-refractivity contribution in [3.8, 4) is 0 Å². The first-order chi connectivity index (χ1) is 9.91. The number of carbonyl (C=O) groups excluding carboxylic acids is 2. The lowest BCUT2D eigenvalue weighted by molar-refractivity contribution is -0.124. The third-order valence-electron chi connectivity index (χ3n) is 3.90. The molecule has 0 aromatic carbocycles. The van der Waals surface area contributed by atoms with Crippen molar-refractivity contribution in [2.45, 2.75) is 18.4 Å². The average Bonchev–Trinajstić information content (AvgIpc) is 2.71. The fourth-order valence-electron chi connectivity index (χ4n) is 2.66. The standard InChI is InChI=1S/C11H15N7O3.ClH/c12-6-5-7(14-9(13)18(6)21)17-3-1-11(2-4-17)8(19)15-10(20)16-11;/h5,13,21H,1-4,12H2,(H2,15,16,19,20);1H. The summed E-state index contributed by atoms with van der Waals surface area (Å²) in [7, 11) is 0. The summed E-state index contributed by atoms with van der Waals surface area (Å²) in [4.78, 5) is 28.9. The van der Waals surface area contributed by atoms with E-state index in [1.54, 1.807) is 0 Å². The molecule has 6 N–H and O–H groups in total. The molecule has 3 amide bonds. The second kappa shape index (κ2) is 5.37. The number of nitrogens with two attached hydrogens (primary N) is 1. The summed E-state index contributed by atoms with van der Waals surface area (Å²) in [6.07, 6.45) is 0.876. The molecule has 0 saturated carbocycles. The fraction of sp³-hybridized carbons (Fsp3) is 0.455. The maximum absolute atomic E-state index is 11.8. The highest BCUT2D eigenvalue weighted by Gasteiger charge is 2.47. The lowest BCUT2D eigenvalue weighted by Gasteiger charge is -2.37. The van der Waals surface area contributed by atoms with Crippen molar-refractivity contribution in [1.29, 1.82) is 5.41 Å². The van der Waals surface area contributed by atoms with E-state index in [0.717, 1.165) is 0 Å². The minimum absolute atomic E-state index is 0. The van der Waals surface area contributed by atoms with Crippen LogP contribution in [0.1, 0.15) is 12.8 Å². The Labute approximate surface area is 131 Å². The summed E-state index contributed by atoms with van der Waals surface area (Å²) in [5, 5.41) is 21.8. The summed E-state index contributed by atoms with van der Waals surface area (Å²) in [5.74, 6) is 0.168. The van der Waals surface area contributed by atoms with Crippen molar-refractivity contribution in [1.82, 2.24) is 20.3 Å². The second-order valence-corrected chi connectivity index (χ2v) is 5.15. The van der Waals surface area contributed by atoms with Gasteiger partial charge in [0.1, 0.15) is 17.2 Å². The van der Waals surface area contributed by atoms with E-state index in [1.165, 1.54) is 6.07 Å². The monoisotopic (exact) mass is 329 g/mol. The molecule has 2 aliphatic heterocycles. The van der Waals surface area contributed by atoms with Gasteiger partial charge in [-0.3, -0.25) is 15.5 Å². The highest BCUT2D eigenvalue weighted by atomic mass is 35.5. The number of imide groups is 1. The molecule has 3 heterocycles. The van der Waals surface area contributed by atoms with Gasteiger partial charge in [0.2, 0.25) is 0 Å². The van der Waals surface area contributed by atoms with Crippen LogP contribution in [-0.4, -0.2) is 45.5 Å². The fourth-order valence-corrected chi connectivity index (χ4v) is 2.66. The summed E-state index contributed by atoms with van der Waals surface area (Å²) in [6, 6.07) is 0.994. The zero-order chi connectivity index (χ0) is 15.2. The van der Waals surface area contributed by atoms with Gasteiger partial charge in [-0.2, -0.15) is 4.98 Å². The SMILES string of the molecule is Cl.N=c1nc(N2CCC3(CC2)NC(=O)NC3=O)cc(N)n1O. The number of aromatic nitrogens is 2. The molecule has 0 unspecified atom stereocenters. The molecule has 1 spiro atoms. The van der Waals surface area contributed by atoms with Crippen LogP contribution in [0.3, 0.4) is 0 Å². The van der Waals surface area contributed by atoms with Gasteiger partial charge in [-0.05, 0) is 12.8 Å². The van der Waals surface area contributed by atoms with Crippen molar-refractivity contribution in [3.05, 3.63) is 11.7 Å². The first-order valence-electron chi connectivity index (χ1n) is 6.43. The van der Waals surface area contributed by atoms with Crippen LogP contribution in [0.4, 0.5) is 16.4 Å². The van der Waals surface area contributed by atoms with Crippen LogP contribution < -0.4 is 26.9 Å². The van der Waals surface area contributed by atoms with E-state index < -0.39 is 11.6 Å². The molecule has 0 aliphatic carbocycles. The van der Waals surface area contributed by atoms with Crippen LogP contribution in [0, 0.1) is 5.41 Å². The van der Waals surface area contributed by atoms with Gasteiger partial charge in [-0.1, -0.05) is 0 Å². The highest BCUT2D eigenvalue weighted by molar-refractivity contribution is 6.07. The summed E-state index contributed by atoms with van der Waals surface area (Å²) < 4.78 is 0.486. The van der Waals surface area contributed by atoms with E-state index in [2.05, 4.69) is 15.6 Å². The molecular formula is C11H16ClN7O3. The number of nitrogens with one attached hydrogen (secondary N) is 3. The van der Waals surface area contributed by atoms with Crippen molar-refractivity contribution < 1.29 is 14.8 Å². The van der Waals surface area contributed by atoms with Crippen LogP contribution in [0.5, 0.6) is 0 Å². The minimum Gasteiger partial charge on any atom is -0.423 e. The third-order valence-corrected chi connectivity index (χ3v) is 3.90. The highest BCUT2D eigenvalue weighted by Crippen LogP contribution is 2.27. The molecular weight excluding hydrogens is 314 g/mol. The Balaban J connectivity index is 0.00000176. The van der Waals surface area contributed by atoms with Gasteiger partial charge in [0, 0.05) is 19.2 Å². The Morgan fingerprint density at radius 3 is 2.50 bits per heavy atom. The number of amides is 3. The second-order valence-electron chi connectivity index (χ2n) is 5.15. The number of rotatable bonds is 1.